The van der Waals surface area contributed by atoms with E-state index in [0.717, 1.165) is 18.8 Å². The van der Waals surface area contributed by atoms with Crippen molar-refractivity contribution in [3.05, 3.63) is 29.3 Å². The number of hydrogen-bond acceptors (Lipinski definition) is 3. The smallest absolute Gasteiger partial charge is 0.0658 e. The van der Waals surface area contributed by atoms with Crippen LogP contribution in [0.1, 0.15) is 31.9 Å². The van der Waals surface area contributed by atoms with Gasteiger partial charge in [-0.15, -0.1) is 0 Å². The molecule has 3 nitrogen and oxygen atoms in total. The van der Waals surface area contributed by atoms with Crippen molar-refractivity contribution in [3.63, 3.8) is 0 Å². The molecule has 0 amide bonds. The topological polar surface area (TPSA) is 35.5 Å². The van der Waals surface area contributed by atoms with Crippen molar-refractivity contribution in [3.8, 4) is 0 Å². The maximum absolute atomic E-state index is 9.41. The van der Waals surface area contributed by atoms with Crippen molar-refractivity contribution in [2.75, 3.05) is 25.1 Å². The minimum absolute atomic E-state index is 0.141. The van der Waals surface area contributed by atoms with Crippen molar-refractivity contribution in [2.24, 2.45) is 0 Å². The van der Waals surface area contributed by atoms with Gasteiger partial charge in [-0.1, -0.05) is 13.0 Å². The van der Waals surface area contributed by atoms with Gasteiger partial charge in [0.15, 0.2) is 0 Å². The number of nitrogens with one attached hydrogen (secondary N) is 1. The molecule has 0 saturated heterocycles. The first-order valence-corrected chi connectivity index (χ1v) is 6.57. The summed E-state index contributed by atoms with van der Waals surface area (Å²) < 4.78 is 0. The van der Waals surface area contributed by atoms with E-state index < -0.39 is 0 Å². The summed E-state index contributed by atoms with van der Waals surface area (Å²) in [5.74, 6) is 0. The molecular formula is C15H26N2O. The Hall–Kier alpha value is -1.06. The summed E-state index contributed by atoms with van der Waals surface area (Å²) in [6, 6.07) is 6.47. The fourth-order valence-electron chi connectivity index (χ4n) is 1.80. The first-order valence-electron chi connectivity index (χ1n) is 6.57. The van der Waals surface area contributed by atoms with Gasteiger partial charge in [-0.2, -0.15) is 0 Å². The highest BCUT2D eigenvalue weighted by molar-refractivity contribution is 5.52. The predicted molar refractivity (Wildman–Crippen MR) is 78.1 cm³/mol. The van der Waals surface area contributed by atoms with E-state index in [0.29, 0.717) is 0 Å². The summed E-state index contributed by atoms with van der Waals surface area (Å²) in [6.07, 6.45) is 0. The molecule has 1 aromatic carbocycles. The summed E-state index contributed by atoms with van der Waals surface area (Å²) in [5, 5.41) is 12.8. The molecule has 0 spiro atoms. The highest BCUT2D eigenvalue weighted by Gasteiger charge is 2.22. The quantitative estimate of drug-likeness (QED) is 0.813. The zero-order chi connectivity index (χ0) is 13.8. The van der Waals surface area contributed by atoms with Crippen LogP contribution in [-0.4, -0.2) is 30.8 Å². The SMILES string of the molecule is CCNCc1ccc(N(C)C(C)(C)CO)cc1C. The number of hydrogen-bond donors (Lipinski definition) is 2. The van der Waals surface area contributed by atoms with E-state index in [1.165, 1.54) is 11.1 Å². The Morgan fingerprint density at radius 1 is 1.33 bits per heavy atom. The Labute approximate surface area is 111 Å². The molecule has 0 aliphatic heterocycles. The maximum Gasteiger partial charge on any atom is 0.0658 e. The monoisotopic (exact) mass is 250 g/mol. The molecule has 0 fully saturated rings. The molecule has 0 aliphatic rings. The Morgan fingerprint density at radius 3 is 2.50 bits per heavy atom. The molecule has 18 heavy (non-hydrogen) atoms. The number of anilines is 1. The van der Waals surface area contributed by atoms with Gasteiger partial charge in [0, 0.05) is 19.3 Å². The average molecular weight is 250 g/mol. The van der Waals surface area contributed by atoms with Gasteiger partial charge >= 0.3 is 0 Å². The van der Waals surface area contributed by atoms with Gasteiger partial charge in [0.1, 0.15) is 0 Å². The van der Waals surface area contributed by atoms with E-state index in [9.17, 15) is 5.11 Å². The van der Waals surface area contributed by atoms with Gasteiger partial charge in [0.2, 0.25) is 0 Å². The highest BCUT2D eigenvalue weighted by Crippen LogP contribution is 2.24. The van der Waals surface area contributed by atoms with Gasteiger partial charge < -0.3 is 15.3 Å². The molecule has 0 bridgehead atoms. The second kappa shape index (κ2) is 6.21. The second-order valence-corrected chi connectivity index (χ2v) is 5.42. The molecule has 102 valence electrons. The van der Waals surface area contributed by atoms with Gasteiger partial charge in [-0.3, -0.25) is 0 Å². The Kier molecular flexibility index (Phi) is 5.17. The third-order valence-electron chi connectivity index (χ3n) is 3.57. The van der Waals surface area contributed by atoms with Crippen LogP contribution in [0.2, 0.25) is 0 Å². The first kappa shape index (κ1) is 15.0. The normalized spacial score (nSPS) is 11.7. The molecule has 0 atom stereocenters. The van der Waals surface area contributed by atoms with Gasteiger partial charge in [-0.25, -0.2) is 0 Å². The predicted octanol–water partition coefficient (Wildman–Crippen LogP) is 2.31. The van der Waals surface area contributed by atoms with Crippen LogP contribution in [-0.2, 0) is 6.54 Å². The molecule has 2 N–H and O–H groups in total. The van der Waals surface area contributed by atoms with Crippen LogP contribution in [0.15, 0.2) is 18.2 Å². The minimum atomic E-state index is -0.240. The third-order valence-corrected chi connectivity index (χ3v) is 3.57. The van der Waals surface area contributed by atoms with Crippen LogP contribution in [0, 0.1) is 6.92 Å². The third kappa shape index (κ3) is 3.47. The molecule has 3 heteroatoms. The Balaban J connectivity index is 2.90. The number of likely N-dealkylation sites (N-methyl/N-ethyl adjacent to an activating group) is 1. The first-order chi connectivity index (χ1) is 8.42. The number of aliphatic hydroxyl groups excluding tert-OH is 1. The highest BCUT2D eigenvalue weighted by atomic mass is 16.3. The van der Waals surface area contributed by atoms with Gasteiger partial charge in [-0.05, 0) is 50.6 Å². The van der Waals surface area contributed by atoms with E-state index in [2.05, 4.69) is 42.3 Å². The van der Waals surface area contributed by atoms with E-state index in [-0.39, 0.29) is 12.1 Å². The van der Waals surface area contributed by atoms with E-state index >= 15 is 0 Å². The average Bonchev–Trinajstić information content (AvgIpc) is 2.36. The molecule has 0 heterocycles. The molecule has 1 aromatic rings. The molecule has 0 radical (unpaired) electrons. The van der Waals surface area contributed by atoms with Gasteiger partial charge in [0.25, 0.3) is 0 Å². The second-order valence-electron chi connectivity index (χ2n) is 5.42. The summed E-state index contributed by atoms with van der Waals surface area (Å²) >= 11 is 0. The maximum atomic E-state index is 9.41. The lowest BCUT2D eigenvalue weighted by atomic mass is 10.0. The van der Waals surface area contributed by atoms with E-state index in [4.69, 9.17) is 0 Å². The van der Waals surface area contributed by atoms with Gasteiger partial charge in [0.05, 0.1) is 12.1 Å². The lowest BCUT2D eigenvalue weighted by Gasteiger charge is -2.36. The van der Waals surface area contributed by atoms with E-state index in [1.807, 2.05) is 20.9 Å². The fraction of sp³-hybridized carbons (Fsp3) is 0.600. The van der Waals surface area contributed by atoms with Crippen molar-refractivity contribution in [1.29, 1.82) is 0 Å². The van der Waals surface area contributed by atoms with Crippen molar-refractivity contribution < 1.29 is 5.11 Å². The van der Waals surface area contributed by atoms with E-state index in [1.54, 1.807) is 0 Å². The number of aryl methyl sites for hydroxylation is 1. The summed E-state index contributed by atoms with van der Waals surface area (Å²) in [4.78, 5) is 2.12. The van der Waals surface area contributed by atoms with Crippen LogP contribution in [0.4, 0.5) is 5.69 Å². The van der Waals surface area contributed by atoms with Crippen LogP contribution in [0.25, 0.3) is 0 Å². The van der Waals surface area contributed by atoms with Crippen LogP contribution in [0.5, 0.6) is 0 Å². The molecule has 0 aliphatic carbocycles. The lowest BCUT2D eigenvalue weighted by molar-refractivity contribution is 0.216. The van der Waals surface area contributed by atoms with Crippen LogP contribution >= 0.6 is 0 Å². The minimum Gasteiger partial charge on any atom is -0.394 e. The zero-order valence-electron chi connectivity index (χ0n) is 12.2. The molecule has 0 unspecified atom stereocenters. The molecule has 0 aromatic heterocycles. The molecule has 0 saturated carbocycles. The molecule has 1 rings (SSSR count). The number of nitrogens with zero attached hydrogens (tertiary/aromatic N) is 1. The number of aliphatic hydroxyl groups is 1. The van der Waals surface area contributed by atoms with Crippen LogP contribution in [0.3, 0.4) is 0 Å². The summed E-state index contributed by atoms with van der Waals surface area (Å²) in [6.45, 7) is 10.4. The number of benzene rings is 1. The lowest BCUT2D eigenvalue weighted by Crippen LogP contribution is -2.44. The standard InChI is InChI=1S/C15H26N2O/c1-6-16-10-13-7-8-14(9-12(13)2)17(5)15(3,4)11-18/h7-9,16,18H,6,10-11H2,1-5H3. The Bertz CT molecular complexity index is 388. The fourth-order valence-corrected chi connectivity index (χ4v) is 1.80. The Morgan fingerprint density at radius 2 is 2.00 bits per heavy atom. The molecular weight excluding hydrogens is 224 g/mol. The van der Waals surface area contributed by atoms with Crippen LogP contribution < -0.4 is 10.2 Å². The summed E-state index contributed by atoms with van der Waals surface area (Å²) in [5.41, 5.74) is 3.52. The van der Waals surface area contributed by atoms with Crippen molar-refractivity contribution >= 4 is 5.69 Å². The zero-order valence-corrected chi connectivity index (χ0v) is 12.2. The van der Waals surface area contributed by atoms with Crippen molar-refractivity contribution in [2.45, 2.75) is 39.8 Å². The summed E-state index contributed by atoms with van der Waals surface area (Å²) in [7, 11) is 2.02. The largest absolute Gasteiger partial charge is 0.394 e. The van der Waals surface area contributed by atoms with Crippen molar-refractivity contribution in [1.82, 2.24) is 5.32 Å². The number of rotatable bonds is 6.